The van der Waals surface area contributed by atoms with E-state index in [1.165, 1.54) is 17.4 Å². The third-order valence-electron chi connectivity index (χ3n) is 2.63. The molecule has 0 bridgehead atoms. The second-order valence-corrected chi connectivity index (χ2v) is 4.38. The van der Waals surface area contributed by atoms with Gasteiger partial charge in [-0.2, -0.15) is 0 Å². The Morgan fingerprint density at radius 3 is 3.00 bits per heavy atom. The maximum atomic E-state index is 13.1. The minimum atomic E-state index is -0.133. The first-order valence-corrected chi connectivity index (χ1v) is 6.10. The van der Waals surface area contributed by atoms with E-state index in [2.05, 4.69) is 5.32 Å². The third kappa shape index (κ3) is 1.93. The summed E-state index contributed by atoms with van der Waals surface area (Å²) in [5.41, 5.74) is 1.12. The first-order chi connectivity index (χ1) is 6.81. The molecule has 3 heteroatoms. The van der Waals surface area contributed by atoms with Gasteiger partial charge in [0.1, 0.15) is 5.82 Å². The van der Waals surface area contributed by atoms with Crippen molar-refractivity contribution in [2.75, 3.05) is 12.8 Å². The molecule has 0 saturated carbocycles. The highest BCUT2D eigenvalue weighted by Crippen LogP contribution is 2.31. The summed E-state index contributed by atoms with van der Waals surface area (Å²) in [6.07, 6.45) is 4.34. The molecule has 1 fully saturated rings. The highest BCUT2D eigenvalue weighted by atomic mass is 32.2. The molecule has 1 saturated heterocycles. The zero-order valence-electron chi connectivity index (χ0n) is 8.22. The van der Waals surface area contributed by atoms with Gasteiger partial charge in [-0.25, -0.2) is 4.39 Å². The molecule has 1 N–H and O–H groups in total. The fourth-order valence-electron chi connectivity index (χ4n) is 1.93. The average Bonchev–Trinajstić information content (AvgIpc) is 2.70. The van der Waals surface area contributed by atoms with Crippen molar-refractivity contribution in [2.24, 2.45) is 0 Å². The van der Waals surface area contributed by atoms with Gasteiger partial charge >= 0.3 is 0 Å². The minimum Gasteiger partial charge on any atom is -0.310 e. The summed E-state index contributed by atoms with van der Waals surface area (Å²) in [5.74, 6) is -0.133. The zero-order chi connectivity index (χ0) is 9.97. The van der Waals surface area contributed by atoms with Crippen LogP contribution in [0.15, 0.2) is 23.1 Å². The summed E-state index contributed by atoms with van der Waals surface area (Å²) in [4.78, 5) is 1.19. The smallest absolute Gasteiger partial charge is 0.123 e. The van der Waals surface area contributed by atoms with Crippen molar-refractivity contribution in [1.82, 2.24) is 5.32 Å². The van der Waals surface area contributed by atoms with Crippen molar-refractivity contribution in [3.05, 3.63) is 29.6 Å². The lowest BCUT2D eigenvalue weighted by atomic mass is 10.1. The Hall–Kier alpha value is -0.540. The predicted octanol–water partition coefficient (Wildman–Crippen LogP) is 2.97. The van der Waals surface area contributed by atoms with Gasteiger partial charge in [-0.1, -0.05) is 0 Å². The molecule has 1 atom stereocenters. The molecule has 1 aliphatic heterocycles. The molecule has 0 aromatic heterocycles. The molecule has 1 aliphatic rings. The SMILES string of the molecule is CSc1ccc(F)cc1[C@H]1CCCN1. The average molecular weight is 211 g/mol. The zero-order valence-corrected chi connectivity index (χ0v) is 9.03. The fraction of sp³-hybridized carbons (Fsp3) is 0.455. The van der Waals surface area contributed by atoms with Crippen LogP contribution in [-0.4, -0.2) is 12.8 Å². The monoisotopic (exact) mass is 211 g/mol. The molecular formula is C11H14FNS. The lowest BCUT2D eigenvalue weighted by Crippen LogP contribution is -2.13. The van der Waals surface area contributed by atoms with Gasteiger partial charge in [0.15, 0.2) is 0 Å². The van der Waals surface area contributed by atoms with E-state index in [0.29, 0.717) is 6.04 Å². The standard InChI is InChI=1S/C11H14FNS/c1-14-11-5-4-8(12)7-9(11)10-3-2-6-13-10/h4-5,7,10,13H,2-3,6H2,1H3/t10-/m1/s1. The molecule has 1 aromatic rings. The van der Waals surface area contributed by atoms with Gasteiger partial charge in [0, 0.05) is 10.9 Å². The molecule has 0 spiro atoms. The lowest BCUT2D eigenvalue weighted by molar-refractivity contribution is 0.599. The molecule has 2 rings (SSSR count). The molecular weight excluding hydrogens is 197 g/mol. The number of benzene rings is 1. The Balaban J connectivity index is 2.33. The number of nitrogens with one attached hydrogen (secondary N) is 1. The summed E-state index contributed by atoms with van der Waals surface area (Å²) in [5, 5.41) is 3.39. The summed E-state index contributed by atoms with van der Waals surface area (Å²) in [6.45, 7) is 1.05. The van der Waals surface area contributed by atoms with Crippen molar-refractivity contribution in [1.29, 1.82) is 0 Å². The van der Waals surface area contributed by atoms with E-state index in [0.717, 1.165) is 18.5 Å². The molecule has 0 unspecified atom stereocenters. The van der Waals surface area contributed by atoms with Crippen molar-refractivity contribution < 1.29 is 4.39 Å². The first-order valence-electron chi connectivity index (χ1n) is 4.88. The second-order valence-electron chi connectivity index (χ2n) is 3.54. The van der Waals surface area contributed by atoms with Crippen LogP contribution in [0, 0.1) is 5.82 Å². The van der Waals surface area contributed by atoms with Gasteiger partial charge in [-0.15, -0.1) is 11.8 Å². The summed E-state index contributed by atoms with van der Waals surface area (Å²) < 4.78 is 13.1. The number of halogens is 1. The lowest BCUT2D eigenvalue weighted by Gasteiger charge is -2.14. The molecule has 1 nitrogen and oxygen atoms in total. The van der Waals surface area contributed by atoms with Crippen LogP contribution in [0.1, 0.15) is 24.4 Å². The Labute approximate surface area is 88.1 Å². The molecule has 76 valence electrons. The number of thioether (sulfide) groups is 1. The minimum absolute atomic E-state index is 0.133. The summed E-state index contributed by atoms with van der Waals surface area (Å²) >= 11 is 1.68. The van der Waals surface area contributed by atoms with E-state index in [1.807, 2.05) is 12.3 Å². The maximum absolute atomic E-state index is 13.1. The Morgan fingerprint density at radius 1 is 1.50 bits per heavy atom. The van der Waals surface area contributed by atoms with E-state index in [9.17, 15) is 4.39 Å². The Morgan fingerprint density at radius 2 is 2.36 bits per heavy atom. The number of hydrogen-bond acceptors (Lipinski definition) is 2. The van der Waals surface area contributed by atoms with E-state index >= 15 is 0 Å². The van der Waals surface area contributed by atoms with E-state index in [-0.39, 0.29) is 5.82 Å². The molecule has 0 radical (unpaired) electrons. The van der Waals surface area contributed by atoms with Crippen molar-refractivity contribution in [2.45, 2.75) is 23.8 Å². The van der Waals surface area contributed by atoms with Crippen LogP contribution in [0.4, 0.5) is 4.39 Å². The second kappa shape index (κ2) is 4.32. The topological polar surface area (TPSA) is 12.0 Å². The molecule has 1 aromatic carbocycles. The van der Waals surface area contributed by atoms with Crippen LogP contribution in [0.5, 0.6) is 0 Å². The van der Waals surface area contributed by atoms with Crippen molar-refractivity contribution in [3.63, 3.8) is 0 Å². The van der Waals surface area contributed by atoms with Crippen LogP contribution in [0.3, 0.4) is 0 Å². The van der Waals surface area contributed by atoms with E-state index < -0.39 is 0 Å². The van der Waals surface area contributed by atoms with Gasteiger partial charge in [-0.3, -0.25) is 0 Å². The fourth-order valence-corrected chi connectivity index (χ4v) is 2.57. The van der Waals surface area contributed by atoms with Crippen molar-refractivity contribution in [3.8, 4) is 0 Å². The van der Waals surface area contributed by atoms with Gasteiger partial charge in [-0.05, 0) is 49.4 Å². The molecule has 14 heavy (non-hydrogen) atoms. The van der Waals surface area contributed by atoms with E-state index in [4.69, 9.17) is 0 Å². The van der Waals surface area contributed by atoms with Gasteiger partial charge < -0.3 is 5.32 Å². The predicted molar refractivity (Wildman–Crippen MR) is 58.2 cm³/mol. The normalized spacial score (nSPS) is 21.4. The van der Waals surface area contributed by atoms with Crippen LogP contribution in [0.2, 0.25) is 0 Å². The van der Waals surface area contributed by atoms with Gasteiger partial charge in [0.25, 0.3) is 0 Å². The Kier molecular flexibility index (Phi) is 3.08. The highest BCUT2D eigenvalue weighted by molar-refractivity contribution is 7.98. The van der Waals surface area contributed by atoms with Crippen LogP contribution >= 0.6 is 11.8 Å². The van der Waals surface area contributed by atoms with E-state index in [1.54, 1.807) is 17.8 Å². The largest absolute Gasteiger partial charge is 0.310 e. The molecule has 1 heterocycles. The summed E-state index contributed by atoms with van der Waals surface area (Å²) in [7, 11) is 0. The van der Waals surface area contributed by atoms with Crippen LogP contribution in [-0.2, 0) is 0 Å². The maximum Gasteiger partial charge on any atom is 0.123 e. The third-order valence-corrected chi connectivity index (χ3v) is 3.44. The Bertz CT molecular complexity index is 321. The quantitative estimate of drug-likeness (QED) is 0.755. The number of hydrogen-bond donors (Lipinski definition) is 1. The summed E-state index contributed by atoms with van der Waals surface area (Å²) in [6, 6.07) is 5.42. The van der Waals surface area contributed by atoms with Gasteiger partial charge in [0.05, 0.1) is 0 Å². The van der Waals surface area contributed by atoms with Crippen LogP contribution in [0.25, 0.3) is 0 Å². The molecule has 0 amide bonds. The molecule has 0 aliphatic carbocycles. The highest BCUT2D eigenvalue weighted by Gasteiger charge is 2.19. The first kappa shape index (κ1) is 9.99. The van der Waals surface area contributed by atoms with Crippen molar-refractivity contribution >= 4 is 11.8 Å². The number of rotatable bonds is 2. The van der Waals surface area contributed by atoms with Gasteiger partial charge in [0.2, 0.25) is 0 Å². The van der Waals surface area contributed by atoms with Crippen LogP contribution < -0.4 is 5.32 Å².